The third-order valence-electron chi connectivity index (χ3n) is 4.47. The first kappa shape index (κ1) is 18.8. The lowest BCUT2D eigenvalue weighted by molar-refractivity contribution is -0.121. The van der Waals surface area contributed by atoms with Crippen molar-refractivity contribution in [3.63, 3.8) is 0 Å². The summed E-state index contributed by atoms with van der Waals surface area (Å²) in [5.74, 6) is 0.486. The number of carbonyl (C=O) groups excluding carboxylic acids is 2. The van der Waals surface area contributed by atoms with Crippen LogP contribution in [-0.4, -0.2) is 30.1 Å². The van der Waals surface area contributed by atoms with Crippen LogP contribution in [0.4, 0.5) is 10.8 Å². The van der Waals surface area contributed by atoms with E-state index in [0.717, 1.165) is 22.6 Å². The first-order valence-electron chi connectivity index (χ1n) is 8.99. The van der Waals surface area contributed by atoms with Crippen molar-refractivity contribution in [2.24, 2.45) is 5.10 Å². The fourth-order valence-corrected chi connectivity index (χ4v) is 3.62. The number of benzene rings is 2. The Labute approximate surface area is 171 Å². The molecule has 146 valence electrons. The summed E-state index contributed by atoms with van der Waals surface area (Å²) in [4.78, 5) is 29.5. The zero-order valence-electron chi connectivity index (χ0n) is 15.7. The quantitative estimate of drug-likeness (QED) is 0.381. The van der Waals surface area contributed by atoms with Crippen LogP contribution < -0.4 is 15.1 Å². The molecule has 0 saturated carbocycles. The molecule has 4 rings (SSSR count). The number of nitrogens with zero attached hydrogens (tertiary/aromatic N) is 3. The first-order valence-corrected chi connectivity index (χ1v) is 9.87. The highest BCUT2D eigenvalue weighted by atomic mass is 32.1. The van der Waals surface area contributed by atoms with E-state index in [1.165, 1.54) is 16.2 Å². The van der Waals surface area contributed by atoms with Crippen molar-refractivity contribution in [3.05, 3.63) is 59.5 Å². The number of aromatic nitrogens is 1. The maximum atomic E-state index is 11.8. The van der Waals surface area contributed by atoms with Gasteiger partial charge in [-0.15, -0.1) is 11.3 Å². The lowest BCUT2D eigenvalue weighted by Gasteiger charge is -2.13. The van der Waals surface area contributed by atoms with Crippen molar-refractivity contribution in [2.75, 3.05) is 17.4 Å². The maximum Gasteiger partial charge on any atom is 0.234 e. The van der Waals surface area contributed by atoms with Crippen LogP contribution in [0, 0.1) is 0 Å². The van der Waals surface area contributed by atoms with Gasteiger partial charge in [0.1, 0.15) is 5.75 Å². The number of ether oxygens (including phenoxy) is 1. The van der Waals surface area contributed by atoms with Gasteiger partial charge in [0, 0.05) is 23.8 Å². The Kier molecular flexibility index (Phi) is 5.35. The van der Waals surface area contributed by atoms with Crippen molar-refractivity contribution in [1.82, 2.24) is 4.98 Å². The number of carbonyl (C=O) groups is 2. The molecule has 0 radical (unpaired) electrons. The Morgan fingerprint density at radius 2 is 1.76 bits per heavy atom. The average Bonchev–Trinajstić information content (AvgIpc) is 3.35. The van der Waals surface area contributed by atoms with Gasteiger partial charge in [0.15, 0.2) is 0 Å². The number of hydrogen-bond acceptors (Lipinski definition) is 7. The van der Waals surface area contributed by atoms with Crippen LogP contribution >= 0.6 is 11.3 Å². The van der Waals surface area contributed by atoms with Crippen LogP contribution in [0.1, 0.15) is 18.4 Å². The van der Waals surface area contributed by atoms with E-state index in [4.69, 9.17) is 4.74 Å². The molecule has 0 spiro atoms. The van der Waals surface area contributed by atoms with Crippen molar-refractivity contribution in [3.8, 4) is 17.0 Å². The maximum absolute atomic E-state index is 11.8. The first-order chi connectivity index (χ1) is 14.1. The molecular formula is C21H18N4O3S. The molecule has 1 N–H and O–H groups in total. The van der Waals surface area contributed by atoms with E-state index < -0.39 is 0 Å². The molecule has 2 amide bonds. The minimum Gasteiger partial charge on any atom is -0.497 e. The topological polar surface area (TPSA) is 83.9 Å². The van der Waals surface area contributed by atoms with Crippen molar-refractivity contribution in [2.45, 2.75) is 12.8 Å². The van der Waals surface area contributed by atoms with E-state index in [-0.39, 0.29) is 24.7 Å². The number of anilines is 2. The number of nitrogens with one attached hydrogen (secondary N) is 1. The summed E-state index contributed by atoms with van der Waals surface area (Å²) < 4.78 is 5.13. The molecule has 3 aromatic rings. The summed E-state index contributed by atoms with van der Waals surface area (Å²) in [6.07, 6.45) is 2.26. The SMILES string of the molecule is COc1ccc(/C=N\Nc2nc(-c3ccc(N4C(=O)CCC4=O)cc3)cs2)cc1. The molecule has 0 bridgehead atoms. The van der Waals surface area contributed by atoms with Crippen molar-refractivity contribution in [1.29, 1.82) is 0 Å². The molecule has 0 atom stereocenters. The predicted octanol–water partition coefficient (Wildman–Crippen LogP) is 3.92. The lowest BCUT2D eigenvalue weighted by atomic mass is 10.1. The molecule has 1 aromatic heterocycles. The molecule has 7 nitrogen and oxygen atoms in total. The summed E-state index contributed by atoms with van der Waals surface area (Å²) in [6.45, 7) is 0. The van der Waals surface area contributed by atoms with Gasteiger partial charge >= 0.3 is 0 Å². The largest absolute Gasteiger partial charge is 0.497 e. The molecule has 1 aliphatic heterocycles. The Morgan fingerprint density at radius 1 is 1.07 bits per heavy atom. The summed E-state index contributed by atoms with van der Waals surface area (Å²) in [6, 6.07) is 14.8. The molecule has 1 saturated heterocycles. The predicted molar refractivity (Wildman–Crippen MR) is 113 cm³/mol. The fourth-order valence-electron chi connectivity index (χ4n) is 2.96. The van der Waals surface area contributed by atoms with Crippen molar-refractivity contribution < 1.29 is 14.3 Å². The van der Waals surface area contributed by atoms with Gasteiger partial charge < -0.3 is 4.74 Å². The molecule has 2 aromatic carbocycles. The van der Waals surface area contributed by atoms with E-state index in [1.807, 2.05) is 41.8 Å². The third kappa shape index (κ3) is 4.17. The Morgan fingerprint density at radius 3 is 2.41 bits per heavy atom. The van der Waals surface area contributed by atoms with Crippen LogP contribution in [0.3, 0.4) is 0 Å². The Hall–Kier alpha value is -3.52. The molecule has 0 unspecified atom stereocenters. The van der Waals surface area contributed by atoms with Gasteiger partial charge in [0.2, 0.25) is 16.9 Å². The van der Waals surface area contributed by atoms with E-state index in [9.17, 15) is 9.59 Å². The van der Waals surface area contributed by atoms with Gasteiger partial charge in [0.05, 0.1) is 24.7 Å². The summed E-state index contributed by atoms with van der Waals surface area (Å²) >= 11 is 1.44. The standard InChI is InChI=1S/C21H18N4O3S/c1-28-17-8-2-14(3-9-17)12-22-24-21-23-18(13-29-21)15-4-6-16(7-5-15)25-19(26)10-11-20(25)27/h2-9,12-13H,10-11H2,1H3,(H,23,24)/b22-12-. The molecule has 0 aliphatic carbocycles. The molecule has 1 aliphatic rings. The number of amides is 2. The normalized spacial score (nSPS) is 14.0. The van der Waals surface area contributed by atoms with Crippen molar-refractivity contribution >= 4 is 40.2 Å². The molecule has 2 heterocycles. The van der Waals surface area contributed by atoms with Gasteiger partial charge in [-0.2, -0.15) is 5.10 Å². The van der Waals surface area contributed by atoms with Crippen LogP contribution in [0.25, 0.3) is 11.3 Å². The second-order valence-corrected chi connectivity index (χ2v) is 7.21. The van der Waals surface area contributed by atoms with E-state index in [1.54, 1.807) is 25.5 Å². The van der Waals surface area contributed by atoms with Gasteiger partial charge in [-0.3, -0.25) is 19.9 Å². The summed E-state index contributed by atoms with van der Waals surface area (Å²) in [5, 5.41) is 6.80. The number of thiazole rings is 1. The number of hydrazone groups is 1. The van der Waals surface area contributed by atoms with Crippen LogP contribution in [0.5, 0.6) is 5.75 Å². The molecule has 8 heteroatoms. The number of rotatable bonds is 6. The van der Waals surface area contributed by atoms with Gasteiger partial charge in [-0.05, 0) is 42.0 Å². The minimum absolute atomic E-state index is 0.155. The number of methoxy groups -OCH3 is 1. The van der Waals surface area contributed by atoms with Crippen LogP contribution in [0.15, 0.2) is 59.0 Å². The third-order valence-corrected chi connectivity index (χ3v) is 5.21. The lowest BCUT2D eigenvalue weighted by Crippen LogP contribution is -2.28. The van der Waals surface area contributed by atoms with Crippen LogP contribution in [-0.2, 0) is 9.59 Å². The zero-order chi connectivity index (χ0) is 20.2. The zero-order valence-corrected chi connectivity index (χ0v) is 16.5. The average molecular weight is 406 g/mol. The van der Waals surface area contributed by atoms with E-state index >= 15 is 0 Å². The second-order valence-electron chi connectivity index (χ2n) is 6.35. The smallest absolute Gasteiger partial charge is 0.234 e. The highest BCUT2D eigenvalue weighted by Gasteiger charge is 2.30. The summed E-state index contributed by atoms with van der Waals surface area (Å²) in [5.41, 5.74) is 6.16. The number of imide groups is 1. The Bertz CT molecular complexity index is 1040. The highest BCUT2D eigenvalue weighted by Crippen LogP contribution is 2.28. The highest BCUT2D eigenvalue weighted by molar-refractivity contribution is 7.14. The monoisotopic (exact) mass is 406 g/mol. The molecular weight excluding hydrogens is 388 g/mol. The Balaban J connectivity index is 1.41. The van der Waals surface area contributed by atoms with Gasteiger partial charge in [-0.1, -0.05) is 12.1 Å². The molecule has 29 heavy (non-hydrogen) atoms. The van der Waals surface area contributed by atoms with Gasteiger partial charge in [0.25, 0.3) is 0 Å². The van der Waals surface area contributed by atoms with E-state index in [2.05, 4.69) is 15.5 Å². The van der Waals surface area contributed by atoms with Gasteiger partial charge in [-0.25, -0.2) is 4.98 Å². The van der Waals surface area contributed by atoms with Crippen LogP contribution in [0.2, 0.25) is 0 Å². The fraction of sp³-hybridized carbons (Fsp3) is 0.143. The minimum atomic E-state index is -0.155. The molecule has 1 fully saturated rings. The summed E-state index contributed by atoms with van der Waals surface area (Å²) in [7, 11) is 1.63. The number of hydrogen-bond donors (Lipinski definition) is 1. The second kappa shape index (κ2) is 8.24. The van der Waals surface area contributed by atoms with E-state index in [0.29, 0.717) is 10.8 Å².